The largest absolute Gasteiger partial charge is 0.336 e. The zero-order valence-electron chi connectivity index (χ0n) is 16.1. The van der Waals surface area contributed by atoms with Crippen molar-refractivity contribution in [3.63, 3.8) is 0 Å². The van der Waals surface area contributed by atoms with Crippen LogP contribution in [0.4, 0.5) is 4.79 Å². The van der Waals surface area contributed by atoms with Gasteiger partial charge in [0.25, 0.3) is 0 Å². The lowest BCUT2D eigenvalue weighted by atomic mass is 9.65. The Morgan fingerprint density at radius 1 is 1.21 bits per heavy atom. The molecule has 5 nitrogen and oxygen atoms in total. The van der Waals surface area contributed by atoms with Crippen LogP contribution in [0, 0.1) is 10.8 Å². The van der Waals surface area contributed by atoms with Gasteiger partial charge in [0.05, 0.1) is 6.04 Å². The molecule has 2 bridgehead atoms. The van der Waals surface area contributed by atoms with Crippen LogP contribution >= 0.6 is 0 Å². The van der Waals surface area contributed by atoms with Gasteiger partial charge in [-0.3, -0.25) is 4.79 Å². The van der Waals surface area contributed by atoms with Crippen molar-refractivity contribution in [1.29, 1.82) is 0 Å². The summed E-state index contributed by atoms with van der Waals surface area (Å²) in [5.74, 6) is 0.140. The number of urea groups is 1. The monoisotopic (exact) mass is 335 g/mol. The van der Waals surface area contributed by atoms with Crippen molar-refractivity contribution in [2.45, 2.75) is 84.8 Å². The van der Waals surface area contributed by atoms with Gasteiger partial charge >= 0.3 is 6.03 Å². The predicted octanol–water partition coefficient (Wildman–Crippen LogP) is 3.00. The minimum atomic E-state index is -0.182. The molecule has 3 atom stereocenters. The first kappa shape index (κ1) is 17.6. The van der Waals surface area contributed by atoms with Crippen LogP contribution in [0.15, 0.2) is 0 Å². The summed E-state index contributed by atoms with van der Waals surface area (Å²) in [7, 11) is 0. The van der Waals surface area contributed by atoms with Crippen LogP contribution in [-0.2, 0) is 4.79 Å². The van der Waals surface area contributed by atoms with E-state index in [0.29, 0.717) is 24.4 Å². The van der Waals surface area contributed by atoms with Gasteiger partial charge in [-0.1, -0.05) is 20.8 Å². The molecule has 1 aliphatic carbocycles. The molecule has 1 N–H and O–H groups in total. The van der Waals surface area contributed by atoms with Gasteiger partial charge in [0.1, 0.15) is 0 Å². The smallest absolute Gasteiger partial charge is 0.317 e. The van der Waals surface area contributed by atoms with Crippen LogP contribution in [0.5, 0.6) is 0 Å². The number of likely N-dealkylation sites (tertiary alicyclic amines) is 2. The van der Waals surface area contributed by atoms with E-state index in [0.717, 1.165) is 19.4 Å². The summed E-state index contributed by atoms with van der Waals surface area (Å²) in [4.78, 5) is 29.0. The van der Waals surface area contributed by atoms with E-state index in [1.807, 2.05) is 30.6 Å². The van der Waals surface area contributed by atoms with Crippen LogP contribution in [0.1, 0.15) is 67.2 Å². The summed E-state index contributed by atoms with van der Waals surface area (Å²) in [6.07, 6.45) is 3.79. The highest BCUT2D eigenvalue weighted by Crippen LogP contribution is 2.52. The van der Waals surface area contributed by atoms with Gasteiger partial charge in [-0.2, -0.15) is 0 Å². The summed E-state index contributed by atoms with van der Waals surface area (Å²) < 4.78 is 0. The number of nitrogens with one attached hydrogen (secondary N) is 1. The number of fused-ring (bicyclic) bond motifs is 2. The lowest BCUT2D eigenvalue weighted by Crippen LogP contribution is -2.49. The van der Waals surface area contributed by atoms with E-state index < -0.39 is 0 Å². The van der Waals surface area contributed by atoms with Crippen LogP contribution < -0.4 is 5.32 Å². The van der Waals surface area contributed by atoms with Crippen molar-refractivity contribution >= 4 is 11.9 Å². The van der Waals surface area contributed by atoms with E-state index >= 15 is 0 Å². The topological polar surface area (TPSA) is 52.7 Å². The van der Waals surface area contributed by atoms with Crippen molar-refractivity contribution < 1.29 is 9.59 Å². The second-order valence-electron chi connectivity index (χ2n) is 10.4. The maximum absolute atomic E-state index is 12.8. The molecule has 24 heavy (non-hydrogen) atoms. The molecule has 2 heterocycles. The third kappa shape index (κ3) is 3.27. The number of hydrogen-bond acceptors (Lipinski definition) is 2. The van der Waals surface area contributed by atoms with Crippen molar-refractivity contribution in [3.05, 3.63) is 0 Å². The molecule has 3 unspecified atom stereocenters. The highest BCUT2D eigenvalue weighted by atomic mass is 16.2. The first-order valence-corrected chi connectivity index (χ1v) is 9.26. The normalized spacial score (nSPS) is 35.5. The highest BCUT2D eigenvalue weighted by molar-refractivity contribution is 5.82. The number of carbonyl (C=O) groups excluding carboxylic acids is 2. The predicted molar refractivity (Wildman–Crippen MR) is 94.6 cm³/mol. The van der Waals surface area contributed by atoms with Crippen molar-refractivity contribution in [1.82, 2.24) is 15.1 Å². The van der Waals surface area contributed by atoms with Gasteiger partial charge in [0, 0.05) is 31.1 Å². The molecule has 0 radical (unpaired) electrons. The highest BCUT2D eigenvalue weighted by Gasteiger charge is 2.51. The molecule has 0 spiro atoms. The molecule has 3 amide bonds. The summed E-state index contributed by atoms with van der Waals surface area (Å²) in [6.45, 7) is 14.5. The Morgan fingerprint density at radius 2 is 1.88 bits per heavy atom. The zero-order chi connectivity index (χ0) is 17.9. The first-order valence-electron chi connectivity index (χ1n) is 9.26. The Bertz CT molecular complexity index is 551. The number of hydrogen-bond donors (Lipinski definition) is 1. The summed E-state index contributed by atoms with van der Waals surface area (Å²) >= 11 is 0. The van der Waals surface area contributed by atoms with E-state index in [-0.39, 0.29) is 28.9 Å². The Morgan fingerprint density at radius 3 is 2.46 bits per heavy atom. The van der Waals surface area contributed by atoms with E-state index in [2.05, 4.69) is 26.1 Å². The Kier molecular flexibility index (Phi) is 3.93. The van der Waals surface area contributed by atoms with E-state index in [1.54, 1.807) is 0 Å². The Hall–Kier alpha value is -1.26. The van der Waals surface area contributed by atoms with Crippen LogP contribution in [0.2, 0.25) is 0 Å². The molecule has 2 aliphatic heterocycles. The van der Waals surface area contributed by atoms with Gasteiger partial charge in [-0.15, -0.1) is 0 Å². The zero-order valence-corrected chi connectivity index (χ0v) is 16.1. The number of rotatable bonds is 1. The lowest BCUT2D eigenvalue weighted by molar-refractivity contribution is -0.131. The molecule has 0 aromatic carbocycles. The average molecular weight is 335 g/mol. The van der Waals surface area contributed by atoms with Gasteiger partial charge in [-0.05, 0) is 50.9 Å². The van der Waals surface area contributed by atoms with Gasteiger partial charge < -0.3 is 15.1 Å². The third-order valence-corrected chi connectivity index (χ3v) is 5.94. The number of amides is 3. The lowest BCUT2D eigenvalue weighted by Gasteiger charge is -2.39. The fourth-order valence-corrected chi connectivity index (χ4v) is 5.41. The quantitative estimate of drug-likeness (QED) is 0.801. The molecule has 136 valence electrons. The summed E-state index contributed by atoms with van der Waals surface area (Å²) in [5, 5.41) is 3.13. The average Bonchev–Trinajstić information content (AvgIpc) is 2.85. The van der Waals surface area contributed by atoms with Crippen molar-refractivity contribution in [2.75, 3.05) is 13.1 Å². The molecule has 5 heteroatoms. The molecule has 3 rings (SSSR count). The van der Waals surface area contributed by atoms with Crippen LogP contribution in [-0.4, -0.2) is 52.5 Å². The van der Waals surface area contributed by atoms with E-state index in [9.17, 15) is 9.59 Å². The van der Waals surface area contributed by atoms with Gasteiger partial charge in [-0.25, -0.2) is 4.79 Å². The molecular weight excluding hydrogens is 302 g/mol. The number of nitrogens with zero attached hydrogens (tertiary/aromatic N) is 2. The van der Waals surface area contributed by atoms with Crippen LogP contribution in [0.25, 0.3) is 0 Å². The minimum Gasteiger partial charge on any atom is -0.336 e. The SMILES string of the molecule is CC1(C)CC2CC(C)(CN2C(=O)NC2CC(=O)N(C(C)(C)C)C2)C1. The third-order valence-electron chi connectivity index (χ3n) is 5.94. The Balaban J connectivity index is 1.64. The molecule has 0 aromatic heterocycles. The fraction of sp³-hybridized carbons (Fsp3) is 0.895. The molecule has 1 saturated carbocycles. The second kappa shape index (κ2) is 5.37. The van der Waals surface area contributed by atoms with E-state index in [4.69, 9.17) is 0 Å². The van der Waals surface area contributed by atoms with Gasteiger partial charge in [0.15, 0.2) is 0 Å². The molecule has 2 saturated heterocycles. The second-order valence-corrected chi connectivity index (χ2v) is 10.4. The van der Waals surface area contributed by atoms with E-state index in [1.165, 1.54) is 6.42 Å². The summed E-state index contributed by atoms with van der Waals surface area (Å²) in [5.41, 5.74) is 0.365. The van der Waals surface area contributed by atoms with Crippen molar-refractivity contribution in [3.8, 4) is 0 Å². The summed E-state index contributed by atoms with van der Waals surface area (Å²) in [6, 6.07) is 0.301. The maximum Gasteiger partial charge on any atom is 0.317 e. The Labute approximate surface area is 146 Å². The van der Waals surface area contributed by atoms with Crippen molar-refractivity contribution in [2.24, 2.45) is 10.8 Å². The molecule has 3 fully saturated rings. The first-order chi connectivity index (χ1) is 10.9. The molecule has 0 aromatic rings. The van der Waals surface area contributed by atoms with Gasteiger partial charge in [0.2, 0.25) is 5.91 Å². The molecular formula is C19H33N3O2. The minimum absolute atomic E-state index is 0.0231. The van der Waals surface area contributed by atoms with Crippen LogP contribution in [0.3, 0.4) is 0 Å². The number of carbonyl (C=O) groups is 2. The molecule has 3 aliphatic rings. The maximum atomic E-state index is 12.8. The standard InChI is InChI=1S/C19H33N3O2/c1-17(2,3)22-10-13(7-15(22)23)20-16(24)21-12-19(6)9-14(21)8-18(4,5)11-19/h13-14H,7-12H2,1-6H3,(H,20,24). The fourth-order valence-electron chi connectivity index (χ4n) is 5.41.